The van der Waals surface area contributed by atoms with E-state index in [9.17, 15) is 9.59 Å². The van der Waals surface area contributed by atoms with E-state index in [2.05, 4.69) is 49.1 Å². The Balaban J connectivity index is 0.00000280. The number of carbonyl (C=O) groups excluding carboxylic acids is 1. The van der Waals surface area contributed by atoms with Crippen molar-refractivity contribution in [3.63, 3.8) is 0 Å². The Bertz CT molecular complexity index is 1250. The third-order valence-corrected chi connectivity index (χ3v) is 7.80. The molecule has 40 heavy (non-hydrogen) atoms. The first-order chi connectivity index (χ1) is 18.2. The number of aromatic nitrogens is 3. The quantitative estimate of drug-likeness (QED) is 0.256. The van der Waals surface area contributed by atoms with Gasteiger partial charge in [0.05, 0.1) is 11.0 Å². The molecule has 1 unspecified atom stereocenters. The molecule has 222 valence electrons. The van der Waals surface area contributed by atoms with Crippen molar-refractivity contribution in [2.45, 2.75) is 79.3 Å². The van der Waals surface area contributed by atoms with Crippen molar-refractivity contribution in [3.8, 4) is 11.4 Å². The van der Waals surface area contributed by atoms with Crippen LogP contribution in [0.2, 0.25) is 0 Å². The third kappa shape index (κ3) is 8.58. The fraction of sp³-hybridized carbons (Fsp3) is 0.581. The average Bonchev–Trinajstić information content (AvgIpc) is 3.46. The number of hydrogen-bond acceptors (Lipinski definition) is 4. The zero-order valence-corrected chi connectivity index (χ0v) is 26.3. The Kier molecular flexibility index (Phi) is 13.2. The highest BCUT2D eigenvalue weighted by atomic mass is 35.5. The standard InChI is InChI=1S/C31H45N5O2.2ClH/c1-22(2)13-18-35(19-14-23(3)4)31(38)25-9-11-27-28(20-25)36(17-7-16-34-15-6-8-24(34)5)30(33-27)26-10-12-29(37)32-21-26;;/h9-12,20-24H,6-8,13-19H2,1-5H3,(H,32,37);2*1H. The summed E-state index contributed by atoms with van der Waals surface area (Å²) in [7, 11) is 0. The van der Waals surface area contributed by atoms with Gasteiger partial charge in [-0.25, -0.2) is 4.98 Å². The topological polar surface area (TPSA) is 74.2 Å². The molecule has 1 N–H and O–H groups in total. The molecule has 1 atom stereocenters. The average molecular weight is 593 g/mol. The summed E-state index contributed by atoms with van der Waals surface area (Å²) in [6.07, 6.45) is 7.26. The van der Waals surface area contributed by atoms with Gasteiger partial charge in [0, 0.05) is 55.6 Å². The summed E-state index contributed by atoms with van der Waals surface area (Å²) >= 11 is 0. The number of nitrogens with one attached hydrogen (secondary N) is 1. The van der Waals surface area contributed by atoms with Crippen LogP contribution in [0.3, 0.4) is 0 Å². The number of halogens is 2. The van der Waals surface area contributed by atoms with E-state index in [1.807, 2.05) is 29.2 Å². The van der Waals surface area contributed by atoms with Gasteiger partial charge in [0.25, 0.3) is 5.91 Å². The second-order valence-corrected chi connectivity index (χ2v) is 11.8. The van der Waals surface area contributed by atoms with Gasteiger partial charge in [0.1, 0.15) is 5.82 Å². The maximum atomic E-state index is 13.7. The maximum absolute atomic E-state index is 13.7. The molecule has 1 fully saturated rings. The van der Waals surface area contributed by atoms with Crippen molar-refractivity contribution in [1.29, 1.82) is 0 Å². The first-order valence-electron chi connectivity index (χ1n) is 14.5. The first-order valence-corrected chi connectivity index (χ1v) is 14.5. The van der Waals surface area contributed by atoms with Gasteiger partial charge in [-0.1, -0.05) is 27.7 Å². The molecular formula is C31H47Cl2N5O2. The van der Waals surface area contributed by atoms with E-state index in [4.69, 9.17) is 4.98 Å². The van der Waals surface area contributed by atoms with Crippen LogP contribution < -0.4 is 5.56 Å². The molecule has 1 aliphatic rings. The minimum atomic E-state index is -0.129. The predicted molar refractivity (Wildman–Crippen MR) is 170 cm³/mol. The zero-order chi connectivity index (χ0) is 27.2. The maximum Gasteiger partial charge on any atom is 0.253 e. The minimum Gasteiger partial charge on any atom is -0.339 e. The summed E-state index contributed by atoms with van der Waals surface area (Å²) in [5.74, 6) is 2.02. The van der Waals surface area contributed by atoms with Crippen molar-refractivity contribution in [2.75, 3.05) is 26.2 Å². The van der Waals surface area contributed by atoms with E-state index >= 15 is 0 Å². The van der Waals surface area contributed by atoms with E-state index in [1.54, 1.807) is 12.3 Å². The highest BCUT2D eigenvalue weighted by molar-refractivity contribution is 5.98. The second kappa shape index (κ2) is 15.6. The molecule has 3 aromatic rings. The predicted octanol–water partition coefficient (Wildman–Crippen LogP) is 6.64. The number of aromatic amines is 1. The highest BCUT2D eigenvalue weighted by Crippen LogP contribution is 2.27. The molecule has 9 heteroatoms. The summed E-state index contributed by atoms with van der Waals surface area (Å²) in [5, 5.41) is 0. The first kappa shape index (κ1) is 33.9. The molecule has 0 spiro atoms. The van der Waals surface area contributed by atoms with Crippen molar-refractivity contribution >= 4 is 41.8 Å². The van der Waals surface area contributed by atoms with Gasteiger partial charge in [0.2, 0.25) is 5.56 Å². The summed E-state index contributed by atoms with van der Waals surface area (Å²) in [6, 6.07) is 9.92. The minimum absolute atomic E-state index is 0. The molecule has 4 rings (SSSR count). The molecule has 0 saturated carbocycles. The third-order valence-electron chi connectivity index (χ3n) is 7.80. The van der Waals surface area contributed by atoms with Gasteiger partial charge < -0.3 is 19.4 Å². The summed E-state index contributed by atoms with van der Waals surface area (Å²) in [5.41, 5.74) is 3.30. The van der Waals surface area contributed by atoms with Crippen LogP contribution in [0.15, 0.2) is 41.3 Å². The number of likely N-dealkylation sites (tertiary alicyclic amines) is 1. The van der Waals surface area contributed by atoms with Crippen LogP contribution in [0.5, 0.6) is 0 Å². The second-order valence-electron chi connectivity index (χ2n) is 11.8. The lowest BCUT2D eigenvalue weighted by atomic mass is 10.1. The largest absolute Gasteiger partial charge is 0.339 e. The number of aryl methyl sites for hydroxylation is 1. The van der Waals surface area contributed by atoms with Crippen LogP contribution in [0, 0.1) is 11.8 Å². The molecule has 0 aliphatic carbocycles. The summed E-state index contributed by atoms with van der Waals surface area (Å²) in [6.45, 7) is 15.7. The zero-order valence-electron chi connectivity index (χ0n) is 24.7. The Hall–Kier alpha value is -2.35. The molecule has 1 aromatic carbocycles. The monoisotopic (exact) mass is 591 g/mol. The molecule has 3 heterocycles. The number of fused-ring (bicyclic) bond motifs is 1. The number of carbonyl (C=O) groups is 1. The smallest absolute Gasteiger partial charge is 0.253 e. The molecule has 1 aliphatic heterocycles. The van der Waals surface area contributed by atoms with Gasteiger partial charge in [-0.3, -0.25) is 9.59 Å². The van der Waals surface area contributed by atoms with Crippen LogP contribution in [0.4, 0.5) is 0 Å². The number of H-pyrrole nitrogens is 1. The molecule has 1 saturated heterocycles. The summed E-state index contributed by atoms with van der Waals surface area (Å²) in [4.78, 5) is 37.7. The lowest BCUT2D eigenvalue weighted by Gasteiger charge is -2.25. The van der Waals surface area contributed by atoms with Gasteiger partial charge in [-0.2, -0.15) is 0 Å². The van der Waals surface area contributed by atoms with Crippen molar-refractivity contribution in [2.24, 2.45) is 11.8 Å². The molecule has 0 bridgehead atoms. The lowest BCUT2D eigenvalue weighted by Crippen LogP contribution is -2.34. The van der Waals surface area contributed by atoms with Gasteiger partial charge in [-0.15, -0.1) is 24.8 Å². The van der Waals surface area contributed by atoms with Crippen LogP contribution >= 0.6 is 24.8 Å². The molecular weight excluding hydrogens is 545 g/mol. The Morgan fingerprint density at radius 1 is 1.05 bits per heavy atom. The SMILES string of the molecule is CC(C)CCN(CCC(C)C)C(=O)c1ccc2nc(-c3ccc(=O)[nH]c3)n(CCCN3CCCC3C)c2c1.Cl.Cl. The number of imidazole rings is 1. The number of amides is 1. The van der Waals surface area contributed by atoms with E-state index in [0.717, 1.165) is 67.9 Å². The van der Waals surface area contributed by atoms with Gasteiger partial charge in [-0.05, 0) is 81.7 Å². The van der Waals surface area contributed by atoms with E-state index in [1.165, 1.54) is 19.4 Å². The van der Waals surface area contributed by atoms with Crippen molar-refractivity contribution in [1.82, 2.24) is 24.3 Å². The van der Waals surface area contributed by atoms with Crippen LogP contribution in [0.1, 0.15) is 77.1 Å². The highest BCUT2D eigenvalue weighted by Gasteiger charge is 2.22. The number of rotatable bonds is 12. The Morgan fingerprint density at radius 2 is 1.75 bits per heavy atom. The normalized spacial score (nSPS) is 15.4. The van der Waals surface area contributed by atoms with E-state index < -0.39 is 0 Å². The number of benzene rings is 1. The number of pyridine rings is 1. The van der Waals surface area contributed by atoms with Gasteiger partial charge >= 0.3 is 0 Å². The number of hydrogen-bond donors (Lipinski definition) is 1. The van der Waals surface area contributed by atoms with Crippen LogP contribution in [-0.4, -0.2) is 62.5 Å². The fourth-order valence-corrected chi connectivity index (χ4v) is 5.33. The van der Waals surface area contributed by atoms with Crippen molar-refractivity contribution < 1.29 is 4.79 Å². The van der Waals surface area contributed by atoms with E-state index in [-0.39, 0.29) is 36.3 Å². The van der Waals surface area contributed by atoms with Crippen LogP contribution in [-0.2, 0) is 6.54 Å². The lowest BCUT2D eigenvalue weighted by molar-refractivity contribution is 0.0741. The molecule has 7 nitrogen and oxygen atoms in total. The van der Waals surface area contributed by atoms with Crippen LogP contribution in [0.25, 0.3) is 22.4 Å². The van der Waals surface area contributed by atoms with Gasteiger partial charge in [0.15, 0.2) is 0 Å². The van der Waals surface area contributed by atoms with E-state index in [0.29, 0.717) is 23.4 Å². The Morgan fingerprint density at radius 3 is 2.33 bits per heavy atom. The summed E-state index contributed by atoms with van der Waals surface area (Å²) < 4.78 is 2.23. The molecule has 2 aromatic heterocycles. The number of nitrogens with zero attached hydrogens (tertiary/aromatic N) is 4. The molecule has 0 radical (unpaired) electrons. The van der Waals surface area contributed by atoms with Crippen molar-refractivity contribution in [3.05, 3.63) is 52.4 Å². The fourth-order valence-electron chi connectivity index (χ4n) is 5.33. The molecule has 1 amide bonds. The Labute approximate surface area is 251 Å².